The Hall–Kier alpha value is -2.72. The van der Waals surface area contributed by atoms with E-state index in [0.717, 1.165) is 0 Å². The van der Waals surface area contributed by atoms with Gasteiger partial charge in [-0.15, -0.1) is 0 Å². The van der Waals surface area contributed by atoms with Gasteiger partial charge in [-0.05, 0) is 0 Å². The van der Waals surface area contributed by atoms with Crippen LogP contribution >= 0.6 is 0 Å². The van der Waals surface area contributed by atoms with Gasteiger partial charge in [0.05, 0.1) is 23.9 Å². The Morgan fingerprint density at radius 3 is 2.50 bits per heavy atom. The van der Waals surface area contributed by atoms with Crippen LogP contribution in [0.3, 0.4) is 0 Å². The van der Waals surface area contributed by atoms with Crippen molar-refractivity contribution in [2.75, 3.05) is 14.1 Å². The highest BCUT2D eigenvalue weighted by atomic mass is 16.5. The fourth-order valence-corrected chi connectivity index (χ4v) is 1.45. The molecule has 1 atom stereocenters. The van der Waals surface area contributed by atoms with E-state index in [0.29, 0.717) is 0 Å². The summed E-state index contributed by atoms with van der Waals surface area (Å²) in [5.41, 5.74) is 4.18. The maximum Gasteiger partial charge on any atom is 0.198 e. The van der Waals surface area contributed by atoms with E-state index in [1.54, 1.807) is 14.1 Å². The fourth-order valence-electron chi connectivity index (χ4n) is 1.45. The molecular formula is C11H12N6O. The molecule has 0 spiro atoms. The Morgan fingerprint density at radius 2 is 2.06 bits per heavy atom. The minimum atomic E-state index is -1.48. The van der Waals surface area contributed by atoms with Gasteiger partial charge in [0.2, 0.25) is 0 Å². The summed E-state index contributed by atoms with van der Waals surface area (Å²) >= 11 is 0. The maximum atomic E-state index is 9.18. The highest BCUT2D eigenvalue weighted by Gasteiger charge is 2.46. The van der Waals surface area contributed by atoms with Crippen LogP contribution in [-0.2, 0) is 4.74 Å². The molecule has 0 aliphatic carbocycles. The fraction of sp³-hybridized carbons (Fsp3) is 0.455. The molecule has 1 heterocycles. The average molecular weight is 244 g/mol. The van der Waals surface area contributed by atoms with Crippen LogP contribution in [0.2, 0.25) is 0 Å². The van der Waals surface area contributed by atoms with Crippen molar-refractivity contribution in [3.63, 3.8) is 0 Å². The highest BCUT2D eigenvalue weighted by molar-refractivity contribution is 5.67. The van der Waals surface area contributed by atoms with Gasteiger partial charge in [0, 0.05) is 20.5 Å². The Kier molecular flexibility index (Phi) is 3.76. The van der Waals surface area contributed by atoms with E-state index in [1.807, 2.05) is 18.2 Å². The van der Waals surface area contributed by atoms with Crippen LogP contribution in [-0.4, -0.2) is 31.4 Å². The van der Waals surface area contributed by atoms with Crippen molar-refractivity contribution < 1.29 is 4.74 Å². The van der Waals surface area contributed by atoms with E-state index in [4.69, 9.17) is 15.7 Å². The third-order valence-electron chi connectivity index (χ3n) is 2.46. The van der Waals surface area contributed by atoms with E-state index in [9.17, 15) is 10.5 Å². The summed E-state index contributed by atoms with van der Waals surface area (Å²) < 4.78 is 5.25. The molecule has 0 bridgehead atoms. The molecule has 0 saturated carbocycles. The molecule has 0 saturated heterocycles. The second-order valence-corrected chi connectivity index (χ2v) is 3.98. The Labute approximate surface area is 105 Å². The summed E-state index contributed by atoms with van der Waals surface area (Å²) in [4.78, 5) is 0. The van der Waals surface area contributed by atoms with Crippen molar-refractivity contribution in [3.8, 4) is 18.2 Å². The SMILES string of the molecule is CN(C)N=CC1OC(N)=C(C#N)CC1(C#N)C#N. The number of ether oxygens (including phenoxy) is 1. The van der Waals surface area contributed by atoms with Crippen LogP contribution in [0.25, 0.3) is 0 Å². The summed E-state index contributed by atoms with van der Waals surface area (Å²) in [5, 5.41) is 32.7. The van der Waals surface area contributed by atoms with Crippen molar-refractivity contribution in [2.24, 2.45) is 16.3 Å². The lowest BCUT2D eigenvalue weighted by molar-refractivity contribution is 0.0877. The standard InChI is InChI=1S/C11H12N6O/c1-17(2)16-5-9-11(6-13,7-14)3-8(4-12)10(15)18-9/h5,9H,3,15H2,1-2H3. The van der Waals surface area contributed by atoms with Gasteiger partial charge in [-0.1, -0.05) is 0 Å². The topological polar surface area (TPSA) is 122 Å². The second-order valence-electron chi connectivity index (χ2n) is 3.98. The van der Waals surface area contributed by atoms with E-state index in [1.165, 1.54) is 11.2 Å². The van der Waals surface area contributed by atoms with Gasteiger partial charge in [0.25, 0.3) is 0 Å². The van der Waals surface area contributed by atoms with Gasteiger partial charge >= 0.3 is 0 Å². The predicted octanol–water partition coefficient (Wildman–Crippen LogP) is 0.0501. The van der Waals surface area contributed by atoms with Crippen LogP contribution in [0.15, 0.2) is 16.6 Å². The summed E-state index contributed by atoms with van der Waals surface area (Å²) in [6.45, 7) is 0. The van der Waals surface area contributed by atoms with E-state index in [-0.39, 0.29) is 17.9 Å². The van der Waals surface area contributed by atoms with Gasteiger partial charge in [-0.25, -0.2) is 0 Å². The first kappa shape index (κ1) is 13.3. The molecule has 0 aromatic rings. The number of nitrogens with two attached hydrogens (primary N) is 1. The zero-order chi connectivity index (χ0) is 13.8. The molecule has 0 amide bonds. The van der Waals surface area contributed by atoms with Crippen LogP contribution in [0.4, 0.5) is 0 Å². The summed E-state index contributed by atoms with van der Waals surface area (Å²) in [6, 6.07) is 5.61. The number of hydrogen-bond acceptors (Lipinski definition) is 7. The monoisotopic (exact) mass is 244 g/mol. The van der Waals surface area contributed by atoms with Gasteiger partial charge in [0.15, 0.2) is 17.4 Å². The number of hydrazone groups is 1. The number of nitrogens with zero attached hydrogens (tertiary/aromatic N) is 5. The molecule has 18 heavy (non-hydrogen) atoms. The molecule has 92 valence electrons. The first-order valence-corrected chi connectivity index (χ1v) is 5.08. The molecule has 1 aliphatic heterocycles. The van der Waals surface area contributed by atoms with Gasteiger partial charge < -0.3 is 15.5 Å². The van der Waals surface area contributed by atoms with E-state index < -0.39 is 11.5 Å². The average Bonchev–Trinajstić information content (AvgIpc) is 2.36. The van der Waals surface area contributed by atoms with Gasteiger partial charge in [-0.3, -0.25) is 0 Å². The molecule has 0 aromatic heterocycles. The summed E-state index contributed by atoms with van der Waals surface area (Å²) in [6.07, 6.45) is 0.381. The zero-order valence-electron chi connectivity index (χ0n) is 10.1. The minimum absolute atomic E-state index is 0.0613. The van der Waals surface area contributed by atoms with Gasteiger partial charge in [0.1, 0.15) is 6.07 Å². The maximum absolute atomic E-state index is 9.18. The third kappa shape index (κ3) is 2.34. The van der Waals surface area contributed by atoms with Crippen molar-refractivity contribution in [1.29, 1.82) is 15.8 Å². The Morgan fingerprint density at radius 1 is 1.44 bits per heavy atom. The quantitative estimate of drug-likeness (QED) is 0.541. The lowest BCUT2D eigenvalue weighted by Crippen LogP contribution is -2.41. The summed E-state index contributed by atoms with van der Waals surface area (Å²) in [5.74, 6) is -0.0613. The van der Waals surface area contributed by atoms with Crippen LogP contribution in [0.5, 0.6) is 0 Å². The molecule has 0 fully saturated rings. The lowest BCUT2D eigenvalue weighted by atomic mass is 9.78. The molecule has 0 aromatic carbocycles. The summed E-state index contributed by atoms with van der Waals surface area (Å²) in [7, 11) is 3.39. The Balaban J connectivity index is 3.18. The van der Waals surface area contributed by atoms with Crippen molar-refractivity contribution in [2.45, 2.75) is 12.5 Å². The largest absolute Gasteiger partial charge is 0.467 e. The molecule has 2 N–H and O–H groups in total. The first-order valence-electron chi connectivity index (χ1n) is 5.08. The van der Waals surface area contributed by atoms with E-state index >= 15 is 0 Å². The lowest BCUT2D eigenvalue weighted by Gasteiger charge is -2.31. The smallest absolute Gasteiger partial charge is 0.198 e. The second kappa shape index (κ2) is 5.07. The predicted molar refractivity (Wildman–Crippen MR) is 62.2 cm³/mol. The van der Waals surface area contributed by atoms with Crippen LogP contribution < -0.4 is 5.73 Å². The van der Waals surface area contributed by atoms with Crippen molar-refractivity contribution in [1.82, 2.24) is 5.01 Å². The van der Waals surface area contributed by atoms with Gasteiger partial charge in [-0.2, -0.15) is 20.9 Å². The molecule has 1 unspecified atom stereocenters. The number of hydrogen-bond donors (Lipinski definition) is 1. The Bertz CT molecular complexity index is 499. The molecule has 7 nitrogen and oxygen atoms in total. The van der Waals surface area contributed by atoms with Crippen LogP contribution in [0, 0.1) is 39.4 Å². The molecule has 1 aliphatic rings. The molecule has 0 radical (unpaired) electrons. The molecule has 1 rings (SSSR count). The number of nitriles is 3. The first-order chi connectivity index (χ1) is 8.49. The number of allylic oxidation sites excluding steroid dienone is 1. The highest BCUT2D eigenvalue weighted by Crippen LogP contribution is 2.36. The minimum Gasteiger partial charge on any atom is -0.467 e. The molecular weight excluding hydrogens is 232 g/mol. The zero-order valence-corrected chi connectivity index (χ0v) is 10.1. The normalized spacial score (nSPS) is 21.6. The van der Waals surface area contributed by atoms with Crippen LogP contribution in [0.1, 0.15) is 6.42 Å². The van der Waals surface area contributed by atoms with Crippen molar-refractivity contribution in [3.05, 3.63) is 11.5 Å². The van der Waals surface area contributed by atoms with E-state index in [2.05, 4.69) is 5.10 Å². The third-order valence-corrected chi connectivity index (χ3v) is 2.46. The molecule has 7 heteroatoms. The van der Waals surface area contributed by atoms with Crippen molar-refractivity contribution >= 4 is 6.21 Å². The number of rotatable bonds is 2.